The lowest BCUT2D eigenvalue weighted by Crippen LogP contribution is -2.27. The van der Waals surface area contributed by atoms with Crippen LogP contribution in [0, 0.1) is 6.92 Å². The number of pyridine rings is 1. The van der Waals surface area contributed by atoms with Gasteiger partial charge in [-0.15, -0.1) is 0 Å². The van der Waals surface area contributed by atoms with Crippen LogP contribution in [0.3, 0.4) is 0 Å². The highest BCUT2D eigenvalue weighted by Gasteiger charge is 2.11. The highest BCUT2D eigenvalue weighted by molar-refractivity contribution is 6.25. The van der Waals surface area contributed by atoms with Crippen molar-refractivity contribution in [2.24, 2.45) is 0 Å². The summed E-state index contributed by atoms with van der Waals surface area (Å²) in [7, 11) is 0. The Hall–Kier alpha value is -1.55. The number of carboxylic acids is 1. The fraction of sp³-hybridized carbons (Fsp3) is 0.200. The lowest BCUT2D eigenvalue weighted by Gasteiger charge is -2.07. The number of halogens is 1. The second kappa shape index (κ2) is 4.79. The molecule has 0 unspecified atom stereocenters. The number of aromatic carboxylic acids is 1. The molecule has 1 heterocycles. The topological polar surface area (TPSA) is 59.3 Å². The predicted octanol–water partition coefficient (Wildman–Crippen LogP) is 1.61. The summed E-state index contributed by atoms with van der Waals surface area (Å²) in [5.74, 6) is -1.22. The third kappa shape index (κ3) is 2.47. The monoisotopic (exact) mass is 227 g/mol. The first kappa shape index (κ1) is 11.5. The molecular weight excluding hydrogens is 218 g/mol. The molecule has 0 aliphatic carbocycles. The first-order chi connectivity index (χ1) is 7.07. The lowest BCUT2D eigenvalue weighted by atomic mass is 10.2. The summed E-state index contributed by atoms with van der Waals surface area (Å²) in [5, 5.41) is 8.75. The molecule has 0 saturated carbocycles. The van der Waals surface area contributed by atoms with Crippen LogP contribution in [-0.4, -0.2) is 15.6 Å². The maximum atomic E-state index is 11.6. The van der Waals surface area contributed by atoms with Crippen molar-refractivity contribution in [1.82, 2.24) is 4.57 Å². The van der Waals surface area contributed by atoms with Crippen LogP contribution >= 0.6 is 11.6 Å². The molecule has 1 N–H and O–H groups in total. The van der Waals surface area contributed by atoms with Crippen LogP contribution in [0.1, 0.15) is 16.1 Å². The Bertz CT molecular complexity index is 462. The average molecular weight is 228 g/mol. The summed E-state index contributed by atoms with van der Waals surface area (Å²) in [6, 6.07) is 2.90. The second-order valence-corrected chi connectivity index (χ2v) is 3.22. The number of hydrogen-bond acceptors (Lipinski definition) is 2. The van der Waals surface area contributed by atoms with Crippen molar-refractivity contribution in [3.05, 3.63) is 45.4 Å². The molecule has 0 aliphatic heterocycles. The fourth-order valence-electron chi connectivity index (χ4n) is 1.21. The zero-order valence-corrected chi connectivity index (χ0v) is 8.86. The Labute approximate surface area is 91.4 Å². The maximum Gasteiger partial charge on any atom is 0.341 e. The minimum Gasteiger partial charge on any atom is -0.477 e. The van der Waals surface area contributed by atoms with E-state index in [2.05, 4.69) is 0 Å². The smallest absolute Gasteiger partial charge is 0.341 e. The van der Waals surface area contributed by atoms with Crippen molar-refractivity contribution in [2.75, 3.05) is 0 Å². The average Bonchev–Trinajstić information content (AvgIpc) is 2.17. The van der Waals surface area contributed by atoms with E-state index in [1.54, 1.807) is 19.1 Å². The standard InChI is InChI=1S/C10H10ClNO3/c1-7-3-4-8(10(14)15)9(13)12(7)6-2-5-11/h2-5H,6H2,1H3,(H,14,15). The van der Waals surface area contributed by atoms with E-state index in [1.807, 2.05) is 0 Å². The molecule has 0 spiro atoms. The van der Waals surface area contributed by atoms with Gasteiger partial charge in [0, 0.05) is 17.8 Å². The molecule has 0 aromatic carbocycles. The number of aromatic nitrogens is 1. The lowest BCUT2D eigenvalue weighted by molar-refractivity contribution is 0.0694. The van der Waals surface area contributed by atoms with Crippen LogP contribution in [0.25, 0.3) is 0 Å². The Morgan fingerprint density at radius 3 is 2.80 bits per heavy atom. The Morgan fingerprint density at radius 2 is 2.27 bits per heavy atom. The maximum absolute atomic E-state index is 11.6. The van der Waals surface area contributed by atoms with E-state index in [1.165, 1.54) is 16.2 Å². The molecule has 4 nitrogen and oxygen atoms in total. The van der Waals surface area contributed by atoms with Crippen molar-refractivity contribution in [3.8, 4) is 0 Å². The van der Waals surface area contributed by atoms with Gasteiger partial charge in [0.15, 0.2) is 0 Å². The summed E-state index contributed by atoms with van der Waals surface area (Å²) in [4.78, 5) is 22.3. The molecule has 15 heavy (non-hydrogen) atoms. The Balaban J connectivity index is 3.30. The number of rotatable bonds is 3. The van der Waals surface area contributed by atoms with Crippen molar-refractivity contribution in [2.45, 2.75) is 13.5 Å². The van der Waals surface area contributed by atoms with E-state index in [0.29, 0.717) is 5.69 Å². The van der Waals surface area contributed by atoms with Gasteiger partial charge in [-0.25, -0.2) is 4.79 Å². The predicted molar refractivity (Wildman–Crippen MR) is 57.4 cm³/mol. The molecule has 0 aliphatic rings. The van der Waals surface area contributed by atoms with Crippen molar-refractivity contribution < 1.29 is 9.90 Å². The van der Waals surface area contributed by atoms with Crippen molar-refractivity contribution >= 4 is 17.6 Å². The van der Waals surface area contributed by atoms with Crippen LogP contribution in [0.4, 0.5) is 0 Å². The normalized spacial score (nSPS) is 10.8. The number of nitrogens with zero attached hydrogens (tertiary/aromatic N) is 1. The van der Waals surface area contributed by atoms with Crippen LogP contribution in [-0.2, 0) is 6.54 Å². The van der Waals surface area contributed by atoms with E-state index in [9.17, 15) is 9.59 Å². The van der Waals surface area contributed by atoms with Gasteiger partial charge in [-0.1, -0.05) is 17.7 Å². The van der Waals surface area contributed by atoms with Crippen molar-refractivity contribution in [3.63, 3.8) is 0 Å². The summed E-state index contributed by atoms with van der Waals surface area (Å²) < 4.78 is 1.35. The molecule has 0 bridgehead atoms. The molecule has 80 valence electrons. The SMILES string of the molecule is Cc1ccc(C(=O)O)c(=O)n1CC=CCl. The number of aryl methyl sites for hydroxylation is 1. The van der Waals surface area contributed by atoms with E-state index < -0.39 is 11.5 Å². The molecule has 0 amide bonds. The minimum absolute atomic E-state index is 0.233. The van der Waals surface area contributed by atoms with Crippen LogP contribution in [0.5, 0.6) is 0 Å². The van der Waals surface area contributed by atoms with Crippen LogP contribution in [0.2, 0.25) is 0 Å². The largest absolute Gasteiger partial charge is 0.477 e. The van der Waals surface area contributed by atoms with Gasteiger partial charge in [0.05, 0.1) is 0 Å². The quantitative estimate of drug-likeness (QED) is 0.854. The van der Waals surface area contributed by atoms with Crippen molar-refractivity contribution in [1.29, 1.82) is 0 Å². The molecular formula is C10H10ClNO3. The summed E-state index contributed by atoms with van der Waals surface area (Å²) >= 11 is 5.35. The zero-order valence-electron chi connectivity index (χ0n) is 8.11. The third-order valence-corrected chi connectivity index (χ3v) is 2.18. The number of allylic oxidation sites excluding steroid dienone is 1. The molecule has 0 atom stereocenters. The first-order valence-corrected chi connectivity index (χ1v) is 4.70. The number of hydrogen-bond donors (Lipinski definition) is 1. The summed E-state index contributed by atoms with van der Waals surface area (Å²) in [6.45, 7) is 2.00. The van der Waals surface area contributed by atoms with Gasteiger partial charge in [0.25, 0.3) is 5.56 Å². The van der Waals surface area contributed by atoms with E-state index >= 15 is 0 Å². The highest BCUT2D eigenvalue weighted by Crippen LogP contribution is 1.99. The highest BCUT2D eigenvalue weighted by atomic mass is 35.5. The van der Waals surface area contributed by atoms with Gasteiger partial charge in [-0.05, 0) is 19.1 Å². The van der Waals surface area contributed by atoms with Gasteiger partial charge in [0.1, 0.15) is 5.56 Å². The van der Waals surface area contributed by atoms with Crippen LogP contribution in [0.15, 0.2) is 28.5 Å². The van der Waals surface area contributed by atoms with Crippen LogP contribution < -0.4 is 5.56 Å². The first-order valence-electron chi connectivity index (χ1n) is 4.27. The van der Waals surface area contributed by atoms with Gasteiger partial charge in [-0.3, -0.25) is 4.79 Å². The van der Waals surface area contributed by atoms with Gasteiger partial charge < -0.3 is 9.67 Å². The number of carbonyl (C=O) groups is 1. The second-order valence-electron chi connectivity index (χ2n) is 2.97. The molecule has 1 aromatic heterocycles. The fourth-order valence-corrected chi connectivity index (χ4v) is 1.29. The molecule has 5 heteroatoms. The third-order valence-electron chi connectivity index (χ3n) is 2.00. The van der Waals surface area contributed by atoms with E-state index in [-0.39, 0.29) is 12.1 Å². The molecule has 0 fully saturated rings. The zero-order chi connectivity index (χ0) is 11.4. The number of carboxylic acid groups (broad SMARTS) is 1. The molecule has 1 rings (SSSR count). The van der Waals surface area contributed by atoms with E-state index in [4.69, 9.17) is 16.7 Å². The summed E-state index contributed by atoms with van der Waals surface area (Å²) in [6.07, 6.45) is 1.57. The molecule has 1 aromatic rings. The minimum atomic E-state index is -1.22. The van der Waals surface area contributed by atoms with Gasteiger partial charge >= 0.3 is 5.97 Å². The Morgan fingerprint density at radius 1 is 1.60 bits per heavy atom. The molecule has 0 radical (unpaired) electrons. The van der Waals surface area contributed by atoms with Gasteiger partial charge in [0.2, 0.25) is 0 Å². The van der Waals surface area contributed by atoms with E-state index in [0.717, 1.165) is 0 Å². The molecule has 0 saturated heterocycles. The summed E-state index contributed by atoms with van der Waals surface area (Å²) in [5.41, 5.74) is 1.24. The van der Waals surface area contributed by atoms with Gasteiger partial charge in [-0.2, -0.15) is 0 Å². The Kier molecular flexibility index (Phi) is 3.68.